The summed E-state index contributed by atoms with van der Waals surface area (Å²) in [5.41, 5.74) is 5.55. The fourth-order valence-electron chi connectivity index (χ4n) is 2.30. The zero-order valence-corrected chi connectivity index (χ0v) is 12.5. The third-order valence-corrected chi connectivity index (χ3v) is 3.33. The Morgan fingerprint density at radius 3 is 2.65 bits per heavy atom. The summed E-state index contributed by atoms with van der Waals surface area (Å²) in [4.78, 5) is 13.5. The van der Waals surface area contributed by atoms with Gasteiger partial charge in [0.25, 0.3) is 0 Å². The monoisotopic (exact) mass is 279 g/mol. The first-order valence-corrected chi connectivity index (χ1v) is 7.35. The maximum atomic E-state index is 5.60. The molecule has 0 unspecified atom stereocenters. The third kappa shape index (κ3) is 4.31. The molecule has 1 aromatic heterocycles. The largest absolute Gasteiger partial charge is 0.474 e. The SMILES string of the molecule is CC(C)Oc1cncc(N2CCN(CCCN)CC2)n1. The molecular weight excluding hydrogens is 254 g/mol. The van der Waals surface area contributed by atoms with E-state index in [9.17, 15) is 0 Å². The Hall–Kier alpha value is -1.40. The van der Waals surface area contributed by atoms with Crippen molar-refractivity contribution in [3.8, 4) is 5.88 Å². The second-order valence-electron chi connectivity index (χ2n) is 5.35. The predicted octanol–water partition coefficient (Wildman–Crippen LogP) is 0.735. The van der Waals surface area contributed by atoms with Crippen molar-refractivity contribution in [3.05, 3.63) is 12.4 Å². The van der Waals surface area contributed by atoms with Crippen LogP contribution in [0.4, 0.5) is 5.82 Å². The highest BCUT2D eigenvalue weighted by Gasteiger charge is 2.18. The smallest absolute Gasteiger partial charge is 0.234 e. The van der Waals surface area contributed by atoms with Crippen LogP contribution in [0.15, 0.2) is 12.4 Å². The molecule has 1 fully saturated rings. The van der Waals surface area contributed by atoms with Crippen LogP contribution in [0.25, 0.3) is 0 Å². The lowest BCUT2D eigenvalue weighted by molar-refractivity contribution is 0.230. The third-order valence-electron chi connectivity index (χ3n) is 3.33. The van der Waals surface area contributed by atoms with Gasteiger partial charge in [-0.2, -0.15) is 4.98 Å². The summed E-state index contributed by atoms with van der Waals surface area (Å²) >= 11 is 0. The molecule has 6 nitrogen and oxygen atoms in total. The van der Waals surface area contributed by atoms with E-state index in [0.29, 0.717) is 5.88 Å². The van der Waals surface area contributed by atoms with Crippen LogP contribution in [-0.4, -0.2) is 60.2 Å². The second kappa shape index (κ2) is 7.40. The Bertz CT molecular complexity index is 404. The van der Waals surface area contributed by atoms with Gasteiger partial charge in [0.1, 0.15) is 0 Å². The maximum Gasteiger partial charge on any atom is 0.234 e. The van der Waals surface area contributed by atoms with Crippen molar-refractivity contribution in [3.63, 3.8) is 0 Å². The number of hydrogen-bond acceptors (Lipinski definition) is 6. The van der Waals surface area contributed by atoms with E-state index in [1.165, 1.54) is 0 Å². The number of aromatic nitrogens is 2. The van der Waals surface area contributed by atoms with Gasteiger partial charge in [-0.15, -0.1) is 0 Å². The summed E-state index contributed by atoms with van der Waals surface area (Å²) in [6.45, 7) is 9.89. The lowest BCUT2D eigenvalue weighted by atomic mass is 10.3. The average molecular weight is 279 g/mol. The summed E-state index contributed by atoms with van der Waals surface area (Å²) in [5.74, 6) is 1.50. The minimum atomic E-state index is 0.118. The molecule has 0 aromatic carbocycles. The minimum absolute atomic E-state index is 0.118. The minimum Gasteiger partial charge on any atom is -0.474 e. The first-order chi connectivity index (χ1) is 9.69. The van der Waals surface area contributed by atoms with Crippen LogP contribution >= 0.6 is 0 Å². The molecule has 112 valence electrons. The van der Waals surface area contributed by atoms with Crippen molar-refractivity contribution >= 4 is 5.82 Å². The van der Waals surface area contributed by atoms with Crippen LogP contribution in [0, 0.1) is 0 Å². The van der Waals surface area contributed by atoms with Gasteiger partial charge in [-0.3, -0.25) is 9.88 Å². The molecule has 0 atom stereocenters. The Morgan fingerprint density at radius 2 is 2.00 bits per heavy atom. The molecule has 2 heterocycles. The van der Waals surface area contributed by atoms with E-state index in [1.54, 1.807) is 6.20 Å². The van der Waals surface area contributed by atoms with E-state index in [2.05, 4.69) is 19.8 Å². The highest BCUT2D eigenvalue weighted by molar-refractivity contribution is 5.38. The molecule has 20 heavy (non-hydrogen) atoms. The normalized spacial score (nSPS) is 16.7. The summed E-state index contributed by atoms with van der Waals surface area (Å²) in [7, 11) is 0. The lowest BCUT2D eigenvalue weighted by Gasteiger charge is -2.35. The van der Waals surface area contributed by atoms with E-state index >= 15 is 0 Å². The Balaban J connectivity index is 1.89. The van der Waals surface area contributed by atoms with Crippen LogP contribution in [0.2, 0.25) is 0 Å². The average Bonchev–Trinajstić information content (AvgIpc) is 2.45. The molecular formula is C14H25N5O. The van der Waals surface area contributed by atoms with Gasteiger partial charge in [-0.25, -0.2) is 0 Å². The van der Waals surface area contributed by atoms with Crippen molar-refractivity contribution < 1.29 is 4.74 Å². The van der Waals surface area contributed by atoms with E-state index < -0.39 is 0 Å². The Labute approximate surface area is 120 Å². The molecule has 0 spiro atoms. The molecule has 0 saturated carbocycles. The number of anilines is 1. The van der Waals surface area contributed by atoms with Gasteiger partial charge in [-0.1, -0.05) is 0 Å². The Morgan fingerprint density at radius 1 is 1.25 bits per heavy atom. The highest BCUT2D eigenvalue weighted by Crippen LogP contribution is 2.16. The molecule has 2 N–H and O–H groups in total. The van der Waals surface area contributed by atoms with Crippen LogP contribution in [-0.2, 0) is 0 Å². The first-order valence-electron chi connectivity index (χ1n) is 7.35. The van der Waals surface area contributed by atoms with Gasteiger partial charge in [0.15, 0.2) is 5.82 Å². The molecule has 6 heteroatoms. The van der Waals surface area contributed by atoms with Gasteiger partial charge < -0.3 is 15.4 Å². The molecule has 0 aliphatic carbocycles. The van der Waals surface area contributed by atoms with Crippen molar-refractivity contribution in [1.82, 2.24) is 14.9 Å². The van der Waals surface area contributed by atoms with Crippen molar-refractivity contribution in [2.45, 2.75) is 26.4 Å². The summed E-state index contributed by atoms with van der Waals surface area (Å²) in [5, 5.41) is 0. The summed E-state index contributed by atoms with van der Waals surface area (Å²) < 4.78 is 5.60. The van der Waals surface area contributed by atoms with Crippen molar-refractivity contribution in [1.29, 1.82) is 0 Å². The zero-order chi connectivity index (χ0) is 14.4. The van der Waals surface area contributed by atoms with Crippen molar-refractivity contribution in [2.75, 3.05) is 44.2 Å². The molecule has 1 aliphatic heterocycles. The number of ether oxygens (including phenoxy) is 1. The van der Waals surface area contributed by atoms with Gasteiger partial charge in [0.05, 0.1) is 18.5 Å². The van der Waals surface area contributed by atoms with E-state index in [4.69, 9.17) is 10.5 Å². The zero-order valence-electron chi connectivity index (χ0n) is 12.5. The van der Waals surface area contributed by atoms with E-state index in [-0.39, 0.29) is 6.10 Å². The first kappa shape index (κ1) is 15.0. The molecule has 2 rings (SSSR count). The van der Waals surface area contributed by atoms with Gasteiger partial charge >= 0.3 is 0 Å². The molecule has 1 aliphatic rings. The highest BCUT2D eigenvalue weighted by atomic mass is 16.5. The molecule has 0 amide bonds. The Kier molecular flexibility index (Phi) is 5.55. The summed E-state index contributed by atoms with van der Waals surface area (Å²) in [6, 6.07) is 0. The molecule has 0 radical (unpaired) electrons. The summed E-state index contributed by atoms with van der Waals surface area (Å²) in [6.07, 6.45) is 4.66. The van der Waals surface area contributed by atoms with E-state index in [0.717, 1.165) is 51.5 Å². The topological polar surface area (TPSA) is 67.5 Å². The van der Waals surface area contributed by atoms with Crippen LogP contribution < -0.4 is 15.4 Å². The fraction of sp³-hybridized carbons (Fsp3) is 0.714. The quantitative estimate of drug-likeness (QED) is 0.828. The molecule has 0 bridgehead atoms. The van der Waals surface area contributed by atoms with Crippen molar-refractivity contribution in [2.24, 2.45) is 5.73 Å². The maximum absolute atomic E-state index is 5.60. The number of nitrogens with two attached hydrogens (primary N) is 1. The molecule has 1 aromatic rings. The van der Waals surface area contributed by atoms with Gasteiger partial charge in [0.2, 0.25) is 5.88 Å². The lowest BCUT2D eigenvalue weighted by Crippen LogP contribution is -2.47. The van der Waals surface area contributed by atoms with Crippen LogP contribution in [0.5, 0.6) is 5.88 Å². The second-order valence-corrected chi connectivity index (χ2v) is 5.35. The number of rotatable bonds is 6. The van der Waals surface area contributed by atoms with E-state index in [1.807, 2.05) is 20.0 Å². The van der Waals surface area contributed by atoms with Gasteiger partial charge in [-0.05, 0) is 33.4 Å². The van der Waals surface area contributed by atoms with Crippen LogP contribution in [0.1, 0.15) is 20.3 Å². The standard InChI is InChI=1S/C14H25N5O/c1-12(2)20-14-11-16-10-13(17-14)19-8-6-18(7-9-19)5-3-4-15/h10-12H,3-9,15H2,1-2H3. The molecule has 1 saturated heterocycles. The number of piperazine rings is 1. The number of nitrogens with zero attached hydrogens (tertiary/aromatic N) is 4. The predicted molar refractivity (Wildman–Crippen MR) is 80.1 cm³/mol. The van der Waals surface area contributed by atoms with Gasteiger partial charge in [0, 0.05) is 26.2 Å². The fourth-order valence-corrected chi connectivity index (χ4v) is 2.30. The number of hydrogen-bond donors (Lipinski definition) is 1. The van der Waals surface area contributed by atoms with Crippen LogP contribution in [0.3, 0.4) is 0 Å².